The molecule has 0 saturated heterocycles. The molecule has 61 valence electrons. The summed E-state index contributed by atoms with van der Waals surface area (Å²) in [5.41, 5.74) is 0. The van der Waals surface area contributed by atoms with Gasteiger partial charge in [0.25, 0.3) is 7.82 Å². The van der Waals surface area contributed by atoms with Gasteiger partial charge in [0.15, 0.2) is 0 Å². The smallest absolute Gasteiger partial charge is 0.790 e. The first-order chi connectivity index (χ1) is 3.71. The average molecular weight is 231 g/mol. The molecule has 0 aliphatic carbocycles. The van der Waals surface area contributed by atoms with E-state index in [0.717, 1.165) is 0 Å². The Morgan fingerprint density at radius 3 is 1.50 bits per heavy atom. The summed E-state index contributed by atoms with van der Waals surface area (Å²) in [6.07, 6.45) is 0. The summed E-state index contributed by atoms with van der Waals surface area (Å²) in [6, 6.07) is 0. The predicted molar refractivity (Wildman–Crippen MR) is 18.5 cm³/mol. The van der Waals surface area contributed by atoms with Gasteiger partial charge in [-0.15, -0.1) is 0 Å². The second-order valence-corrected chi connectivity index (χ2v) is 3.48. The van der Waals surface area contributed by atoms with E-state index in [2.05, 4.69) is 4.31 Å². The Bertz CT molecular complexity index is 152. The Morgan fingerprint density at radius 2 is 1.50 bits per heavy atom. The van der Waals surface area contributed by atoms with Crippen molar-refractivity contribution in [3.63, 3.8) is 0 Å². The Hall–Kier alpha value is 0.779. The van der Waals surface area contributed by atoms with Gasteiger partial charge in [-0.25, -0.2) is 0 Å². The summed E-state index contributed by atoms with van der Waals surface area (Å²) < 4.78 is 21.4. The second-order valence-electron chi connectivity index (χ2n) is 0.997. The SMILES string of the molecule is O=P([O-])([O-])OP(=O)([O-])O.[Fe+3]. The first kappa shape index (κ1) is 13.4. The molecule has 10 heteroatoms. The molecule has 0 aromatic rings. The van der Waals surface area contributed by atoms with Gasteiger partial charge in [-0.05, 0) is 0 Å². The van der Waals surface area contributed by atoms with Crippen molar-refractivity contribution in [1.82, 2.24) is 0 Å². The van der Waals surface area contributed by atoms with Gasteiger partial charge in [-0.3, -0.25) is 8.88 Å². The van der Waals surface area contributed by atoms with Gasteiger partial charge < -0.3 is 24.1 Å². The van der Waals surface area contributed by atoms with E-state index in [1.54, 1.807) is 0 Å². The summed E-state index contributed by atoms with van der Waals surface area (Å²) >= 11 is 0. The minimum absolute atomic E-state index is 0. The maximum atomic E-state index is 9.44. The molecule has 0 aliphatic rings. The van der Waals surface area contributed by atoms with Gasteiger partial charge in [-0.2, -0.15) is 0 Å². The molecule has 7 nitrogen and oxygen atoms in total. The molecule has 0 aromatic heterocycles. The van der Waals surface area contributed by atoms with Crippen LogP contribution in [0.2, 0.25) is 0 Å². The molecule has 0 aromatic carbocycles. The minimum atomic E-state index is -5.61. The van der Waals surface area contributed by atoms with Crippen LogP contribution in [-0.2, 0) is 30.5 Å². The largest absolute Gasteiger partial charge is 3.00 e. The maximum absolute atomic E-state index is 9.44. The zero-order valence-corrected chi connectivity index (χ0v) is 7.04. The molecule has 0 saturated carbocycles. The van der Waals surface area contributed by atoms with E-state index in [4.69, 9.17) is 4.89 Å². The van der Waals surface area contributed by atoms with Crippen LogP contribution >= 0.6 is 15.6 Å². The molecule has 0 heterocycles. The molecule has 1 N–H and O–H groups in total. The van der Waals surface area contributed by atoms with E-state index < -0.39 is 15.6 Å². The molecule has 10 heavy (non-hydrogen) atoms. The summed E-state index contributed by atoms with van der Waals surface area (Å²) in [6.45, 7) is 0. The van der Waals surface area contributed by atoms with E-state index in [-0.39, 0.29) is 17.1 Å². The third kappa shape index (κ3) is 11.6. The van der Waals surface area contributed by atoms with Crippen LogP contribution in [0.4, 0.5) is 0 Å². The predicted octanol–water partition coefficient (Wildman–Crippen LogP) is -2.71. The standard InChI is InChI=1S/Fe.H4O7P2/c;1-8(2,3)7-9(4,5)6/h;(H2,1,2,3)(H2,4,5,6)/q+3;/p-3. The van der Waals surface area contributed by atoms with Crippen molar-refractivity contribution in [3.05, 3.63) is 0 Å². The van der Waals surface area contributed by atoms with Crippen molar-refractivity contribution in [3.8, 4) is 0 Å². The van der Waals surface area contributed by atoms with E-state index in [0.29, 0.717) is 0 Å². The summed E-state index contributed by atoms with van der Waals surface area (Å²) in [7, 11) is -11.0. The van der Waals surface area contributed by atoms with Gasteiger partial charge >= 0.3 is 17.1 Å². The maximum Gasteiger partial charge on any atom is 3.00 e. The fourth-order valence-corrected chi connectivity index (χ4v) is 1.14. The van der Waals surface area contributed by atoms with Crippen LogP contribution in [-0.4, -0.2) is 4.89 Å². The van der Waals surface area contributed by atoms with Crippen LogP contribution in [0.25, 0.3) is 0 Å². The minimum Gasteiger partial charge on any atom is -0.790 e. The summed E-state index contributed by atoms with van der Waals surface area (Å²) in [4.78, 5) is 35.7. The fourth-order valence-electron chi connectivity index (χ4n) is 0.126. The van der Waals surface area contributed by atoms with Crippen molar-refractivity contribution >= 4 is 15.6 Å². The van der Waals surface area contributed by atoms with Gasteiger partial charge in [0.1, 0.15) is 0 Å². The van der Waals surface area contributed by atoms with Crippen LogP contribution in [0, 0.1) is 0 Å². The van der Waals surface area contributed by atoms with Crippen molar-refractivity contribution in [1.29, 1.82) is 0 Å². The summed E-state index contributed by atoms with van der Waals surface area (Å²) in [5, 5.41) is 0. The van der Waals surface area contributed by atoms with E-state index in [1.165, 1.54) is 0 Å². The number of hydrogen-bond acceptors (Lipinski definition) is 6. The van der Waals surface area contributed by atoms with E-state index in [9.17, 15) is 23.8 Å². The third-order valence-corrected chi connectivity index (χ3v) is 1.83. The molecule has 0 fully saturated rings. The monoisotopic (exact) mass is 231 g/mol. The molecule has 0 spiro atoms. The van der Waals surface area contributed by atoms with Gasteiger partial charge in [-0.1, -0.05) is 0 Å². The number of hydrogen-bond donors (Lipinski definition) is 1. The topological polar surface area (TPSA) is 133 Å². The normalized spacial score (nSPS) is 17.2. The molecule has 1 atom stereocenters. The van der Waals surface area contributed by atoms with Gasteiger partial charge in [0.2, 0.25) is 0 Å². The number of phosphoric acid groups is 2. The Kier molecular flexibility index (Phi) is 5.31. The molecule has 1 unspecified atom stereocenters. The first-order valence-electron chi connectivity index (χ1n) is 1.48. The zero-order chi connectivity index (χ0) is 7.71. The van der Waals surface area contributed by atoms with Crippen LogP contribution in [0.1, 0.15) is 0 Å². The first-order valence-corrected chi connectivity index (χ1v) is 4.43. The van der Waals surface area contributed by atoms with Crippen LogP contribution in [0.5, 0.6) is 0 Å². The molecular formula is HFeO7P2. The number of rotatable bonds is 2. The van der Waals surface area contributed by atoms with E-state index >= 15 is 0 Å². The molecule has 0 bridgehead atoms. The Balaban J connectivity index is 0. The van der Waals surface area contributed by atoms with Crippen LogP contribution < -0.4 is 14.7 Å². The van der Waals surface area contributed by atoms with Gasteiger partial charge in [0, 0.05) is 0 Å². The van der Waals surface area contributed by atoms with Crippen molar-refractivity contribution in [2.45, 2.75) is 0 Å². The molecule has 0 amide bonds. The molecule has 0 aliphatic heterocycles. The van der Waals surface area contributed by atoms with Gasteiger partial charge in [0.05, 0.1) is 7.82 Å². The molecule has 0 rings (SSSR count). The fraction of sp³-hybridized carbons (Fsp3) is 0. The third-order valence-electron chi connectivity index (χ3n) is 0.203. The second kappa shape index (κ2) is 3.97. The molecule has 1 radical (unpaired) electrons. The van der Waals surface area contributed by atoms with E-state index in [1.807, 2.05) is 0 Å². The Morgan fingerprint density at radius 1 is 1.20 bits per heavy atom. The van der Waals surface area contributed by atoms with Crippen molar-refractivity contribution < 1.29 is 50.1 Å². The average Bonchev–Trinajstić information content (AvgIpc) is 1.14. The van der Waals surface area contributed by atoms with Crippen LogP contribution in [0.3, 0.4) is 0 Å². The molecular weight excluding hydrogens is 230 g/mol. The van der Waals surface area contributed by atoms with Crippen molar-refractivity contribution in [2.24, 2.45) is 0 Å². The zero-order valence-electron chi connectivity index (χ0n) is 4.14. The Labute approximate surface area is 66.4 Å². The summed E-state index contributed by atoms with van der Waals surface area (Å²) in [5.74, 6) is 0. The van der Waals surface area contributed by atoms with Crippen LogP contribution in [0.15, 0.2) is 0 Å². The quantitative estimate of drug-likeness (QED) is 0.403. The van der Waals surface area contributed by atoms with Crippen molar-refractivity contribution in [2.75, 3.05) is 0 Å².